The Labute approximate surface area is 135 Å². The van der Waals surface area contributed by atoms with Gasteiger partial charge in [0.2, 0.25) is 0 Å². The SMILES string of the molecule is NC(=N[C@@H]1C[C@H]1c1cccc2ccccc12)N1CCSCC1. The second-order valence-corrected chi connectivity index (χ2v) is 7.29. The first-order valence-corrected chi connectivity index (χ1v) is 9.12. The number of hydrogen-bond donors (Lipinski definition) is 1. The predicted molar refractivity (Wildman–Crippen MR) is 95.6 cm³/mol. The van der Waals surface area contributed by atoms with Gasteiger partial charge >= 0.3 is 0 Å². The Bertz CT molecular complexity index is 701. The maximum absolute atomic E-state index is 6.21. The molecule has 4 heteroatoms. The number of guanidine groups is 1. The van der Waals surface area contributed by atoms with Crippen LogP contribution < -0.4 is 5.73 Å². The largest absolute Gasteiger partial charge is 0.370 e. The fourth-order valence-electron chi connectivity index (χ4n) is 3.28. The third-order valence-corrected chi connectivity index (χ3v) is 5.56. The maximum Gasteiger partial charge on any atom is 0.191 e. The molecule has 22 heavy (non-hydrogen) atoms. The summed E-state index contributed by atoms with van der Waals surface area (Å²) in [6, 6.07) is 15.6. The van der Waals surface area contributed by atoms with Crippen molar-refractivity contribution in [2.45, 2.75) is 18.4 Å². The van der Waals surface area contributed by atoms with Crippen molar-refractivity contribution < 1.29 is 0 Å². The zero-order valence-electron chi connectivity index (χ0n) is 12.6. The van der Waals surface area contributed by atoms with Gasteiger partial charge in [0.05, 0.1) is 6.04 Å². The molecule has 2 aliphatic rings. The first kappa shape index (κ1) is 13.9. The number of nitrogens with two attached hydrogens (primary N) is 1. The van der Waals surface area contributed by atoms with Crippen molar-refractivity contribution in [3.8, 4) is 0 Å². The second-order valence-electron chi connectivity index (χ2n) is 6.06. The van der Waals surface area contributed by atoms with E-state index in [-0.39, 0.29) is 0 Å². The first-order valence-electron chi connectivity index (χ1n) is 7.96. The van der Waals surface area contributed by atoms with E-state index < -0.39 is 0 Å². The molecule has 0 radical (unpaired) electrons. The molecule has 2 aromatic rings. The van der Waals surface area contributed by atoms with Crippen LogP contribution in [0.25, 0.3) is 10.8 Å². The summed E-state index contributed by atoms with van der Waals surface area (Å²) >= 11 is 2.00. The van der Waals surface area contributed by atoms with Crippen LogP contribution in [-0.2, 0) is 0 Å². The Morgan fingerprint density at radius 3 is 2.73 bits per heavy atom. The van der Waals surface area contributed by atoms with Crippen LogP contribution >= 0.6 is 11.8 Å². The highest BCUT2D eigenvalue weighted by Gasteiger charge is 2.39. The first-order chi connectivity index (χ1) is 10.8. The lowest BCUT2D eigenvalue weighted by Crippen LogP contribution is -2.42. The minimum atomic E-state index is 0.361. The predicted octanol–water partition coefficient (Wildman–Crippen LogP) is 3.06. The Hall–Kier alpha value is -1.68. The smallest absolute Gasteiger partial charge is 0.191 e. The van der Waals surface area contributed by atoms with Crippen LogP contribution in [0.2, 0.25) is 0 Å². The maximum atomic E-state index is 6.21. The van der Waals surface area contributed by atoms with Gasteiger partial charge in [-0.1, -0.05) is 42.5 Å². The molecule has 114 valence electrons. The molecule has 0 amide bonds. The summed E-state index contributed by atoms with van der Waals surface area (Å²) in [5, 5.41) is 2.68. The topological polar surface area (TPSA) is 41.6 Å². The Kier molecular flexibility index (Phi) is 3.70. The quantitative estimate of drug-likeness (QED) is 0.684. The molecule has 0 unspecified atom stereocenters. The summed E-state index contributed by atoms with van der Waals surface area (Å²) < 4.78 is 0. The van der Waals surface area contributed by atoms with E-state index in [0.29, 0.717) is 12.0 Å². The van der Waals surface area contributed by atoms with Gasteiger partial charge in [-0.25, -0.2) is 4.99 Å². The molecule has 2 fully saturated rings. The molecule has 1 aliphatic heterocycles. The van der Waals surface area contributed by atoms with Crippen LogP contribution in [0.4, 0.5) is 0 Å². The lowest BCUT2D eigenvalue weighted by molar-refractivity contribution is 0.455. The van der Waals surface area contributed by atoms with Crippen molar-refractivity contribution in [2.24, 2.45) is 10.7 Å². The summed E-state index contributed by atoms with van der Waals surface area (Å²) in [6.07, 6.45) is 1.12. The van der Waals surface area contributed by atoms with Gasteiger partial charge in [0, 0.05) is 30.5 Å². The average Bonchev–Trinajstić information content (AvgIpc) is 3.34. The van der Waals surface area contributed by atoms with Crippen molar-refractivity contribution in [3.63, 3.8) is 0 Å². The van der Waals surface area contributed by atoms with E-state index in [2.05, 4.69) is 47.4 Å². The zero-order valence-corrected chi connectivity index (χ0v) is 13.4. The van der Waals surface area contributed by atoms with Gasteiger partial charge in [0.25, 0.3) is 0 Å². The molecular weight excluding hydrogens is 290 g/mol. The highest BCUT2D eigenvalue weighted by atomic mass is 32.2. The number of thioether (sulfide) groups is 1. The Morgan fingerprint density at radius 1 is 1.09 bits per heavy atom. The number of rotatable bonds is 2. The van der Waals surface area contributed by atoms with Crippen molar-refractivity contribution in [1.82, 2.24) is 4.90 Å². The lowest BCUT2D eigenvalue weighted by Gasteiger charge is -2.27. The van der Waals surface area contributed by atoms with Crippen LogP contribution in [0.3, 0.4) is 0 Å². The molecule has 4 rings (SSSR count). The number of nitrogens with zero attached hydrogens (tertiary/aromatic N) is 2. The molecule has 1 saturated heterocycles. The Morgan fingerprint density at radius 2 is 1.86 bits per heavy atom. The Balaban J connectivity index is 1.53. The van der Waals surface area contributed by atoms with E-state index in [0.717, 1.165) is 37.0 Å². The molecule has 3 nitrogen and oxygen atoms in total. The normalized spacial score (nSPS) is 25.5. The van der Waals surface area contributed by atoms with Crippen molar-refractivity contribution >= 4 is 28.5 Å². The van der Waals surface area contributed by atoms with Gasteiger partial charge in [-0.05, 0) is 22.8 Å². The van der Waals surface area contributed by atoms with E-state index in [9.17, 15) is 0 Å². The lowest BCUT2D eigenvalue weighted by atomic mass is 10.0. The number of hydrogen-bond acceptors (Lipinski definition) is 2. The summed E-state index contributed by atoms with van der Waals surface area (Å²) in [6.45, 7) is 2.07. The van der Waals surface area contributed by atoms with E-state index >= 15 is 0 Å². The molecule has 2 atom stereocenters. The van der Waals surface area contributed by atoms with Crippen LogP contribution in [0.15, 0.2) is 47.5 Å². The van der Waals surface area contributed by atoms with Crippen molar-refractivity contribution in [3.05, 3.63) is 48.0 Å². The third kappa shape index (κ3) is 2.68. The summed E-state index contributed by atoms with van der Waals surface area (Å²) in [5.41, 5.74) is 7.63. The van der Waals surface area contributed by atoms with E-state index in [1.165, 1.54) is 16.3 Å². The van der Waals surface area contributed by atoms with Gasteiger partial charge in [0.15, 0.2) is 5.96 Å². The highest BCUT2D eigenvalue weighted by molar-refractivity contribution is 7.99. The molecular formula is C18H21N3S. The summed E-state index contributed by atoms with van der Waals surface area (Å²) in [7, 11) is 0. The van der Waals surface area contributed by atoms with E-state index in [1.54, 1.807) is 0 Å². The van der Waals surface area contributed by atoms with Gasteiger partial charge in [-0.3, -0.25) is 0 Å². The van der Waals surface area contributed by atoms with Gasteiger partial charge < -0.3 is 10.6 Å². The third-order valence-electron chi connectivity index (χ3n) is 4.61. The number of aliphatic imine (C=N–C) groups is 1. The van der Waals surface area contributed by atoms with Crippen LogP contribution in [0.5, 0.6) is 0 Å². The molecule has 2 N–H and O–H groups in total. The van der Waals surface area contributed by atoms with Crippen LogP contribution in [0.1, 0.15) is 17.9 Å². The minimum absolute atomic E-state index is 0.361. The van der Waals surface area contributed by atoms with Crippen molar-refractivity contribution in [2.75, 3.05) is 24.6 Å². The molecule has 1 heterocycles. The molecule has 0 aromatic heterocycles. The molecule has 0 spiro atoms. The van der Waals surface area contributed by atoms with E-state index in [1.807, 2.05) is 11.8 Å². The minimum Gasteiger partial charge on any atom is -0.370 e. The second kappa shape index (κ2) is 5.84. The number of fused-ring (bicyclic) bond motifs is 1. The van der Waals surface area contributed by atoms with Crippen LogP contribution in [0, 0.1) is 0 Å². The average molecular weight is 311 g/mol. The van der Waals surface area contributed by atoms with Crippen molar-refractivity contribution in [1.29, 1.82) is 0 Å². The molecule has 1 aliphatic carbocycles. The highest BCUT2D eigenvalue weighted by Crippen LogP contribution is 2.45. The van der Waals surface area contributed by atoms with Gasteiger partial charge in [0.1, 0.15) is 0 Å². The fraction of sp³-hybridized carbons (Fsp3) is 0.389. The standard InChI is InChI=1S/C18H21N3S/c19-18(21-8-10-22-11-9-21)20-17-12-16(17)15-7-3-5-13-4-1-2-6-14(13)15/h1-7,16-17H,8-12H2,(H2,19,20)/t16-,17+/m0/s1. The molecule has 0 bridgehead atoms. The summed E-state index contributed by atoms with van der Waals surface area (Å²) in [4.78, 5) is 7.02. The molecule has 2 aromatic carbocycles. The number of benzene rings is 2. The van der Waals surface area contributed by atoms with Gasteiger partial charge in [-0.2, -0.15) is 11.8 Å². The van der Waals surface area contributed by atoms with E-state index in [4.69, 9.17) is 10.7 Å². The summed E-state index contributed by atoms with van der Waals surface area (Å²) in [5.74, 6) is 3.60. The van der Waals surface area contributed by atoms with Gasteiger partial charge in [-0.15, -0.1) is 0 Å². The zero-order chi connectivity index (χ0) is 14.9. The fourth-order valence-corrected chi connectivity index (χ4v) is 4.18. The molecule has 1 saturated carbocycles. The monoisotopic (exact) mass is 311 g/mol. The van der Waals surface area contributed by atoms with Crippen LogP contribution in [-0.4, -0.2) is 41.5 Å².